The molecule has 2 aromatic carbocycles. The molecule has 0 atom stereocenters. The molecule has 1 N–H and O–H groups in total. The van der Waals surface area contributed by atoms with Crippen molar-refractivity contribution in [3.63, 3.8) is 0 Å². The summed E-state index contributed by atoms with van der Waals surface area (Å²) >= 11 is 3.28. The van der Waals surface area contributed by atoms with E-state index in [1.54, 1.807) is 24.3 Å². The van der Waals surface area contributed by atoms with E-state index in [1.807, 2.05) is 0 Å². The van der Waals surface area contributed by atoms with E-state index < -0.39 is 18.5 Å². The maximum Gasteiger partial charge on any atom is 0.341 e. The number of hydrogen-bond acceptors (Lipinski definition) is 4. The molecule has 2 aromatic rings. The molecule has 142 valence electrons. The van der Waals surface area contributed by atoms with Gasteiger partial charge in [0.15, 0.2) is 6.61 Å². The number of hydrogen-bond donors (Lipinski definition) is 1. The van der Waals surface area contributed by atoms with Crippen LogP contribution in [-0.2, 0) is 11.3 Å². The molecule has 6 nitrogen and oxygen atoms in total. The molecule has 0 aromatic heterocycles. The van der Waals surface area contributed by atoms with Gasteiger partial charge in [-0.15, -0.1) is 0 Å². The summed E-state index contributed by atoms with van der Waals surface area (Å²) in [5.74, 6) is -1.93. The fourth-order valence-electron chi connectivity index (χ4n) is 2.14. The van der Waals surface area contributed by atoms with Gasteiger partial charge >= 0.3 is 5.97 Å². The second-order valence-corrected chi connectivity index (χ2v) is 6.31. The largest absolute Gasteiger partial charge is 0.490 e. The summed E-state index contributed by atoms with van der Waals surface area (Å²) < 4.78 is 25.8. The average molecular weight is 438 g/mol. The van der Waals surface area contributed by atoms with Crippen LogP contribution in [0, 0.1) is 0 Å². The lowest BCUT2D eigenvalue weighted by atomic mass is 10.1. The summed E-state index contributed by atoms with van der Waals surface area (Å²) in [5.41, 5.74) is 0.443. The lowest BCUT2D eigenvalue weighted by Crippen LogP contribution is -2.23. The number of rotatable bonds is 9. The Morgan fingerprint density at radius 2 is 1.89 bits per heavy atom. The Morgan fingerprint density at radius 3 is 2.52 bits per heavy atom. The van der Waals surface area contributed by atoms with Crippen LogP contribution in [0.2, 0.25) is 0 Å². The third-order valence-corrected chi connectivity index (χ3v) is 3.88. The summed E-state index contributed by atoms with van der Waals surface area (Å²) in [6, 6.07) is 11.0. The zero-order valence-corrected chi connectivity index (χ0v) is 15.8. The monoisotopic (exact) mass is 437 g/mol. The number of carbonyl (C=O) groups is 2. The number of carboxylic acids is 1. The Hall–Kier alpha value is -2.87. The highest BCUT2D eigenvalue weighted by molar-refractivity contribution is 9.10. The minimum atomic E-state index is -1.22. The number of carboxylic acid groups (broad SMARTS) is 1. The van der Waals surface area contributed by atoms with Crippen LogP contribution in [0.5, 0.6) is 11.5 Å². The van der Waals surface area contributed by atoms with Crippen LogP contribution >= 0.6 is 15.9 Å². The molecule has 27 heavy (non-hydrogen) atoms. The molecule has 0 saturated carbocycles. The number of amides is 1. The van der Waals surface area contributed by atoms with Gasteiger partial charge in [-0.05, 0) is 35.9 Å². The van der Waals surface area contributed by atoms with Gasteiger partial charge in [-0.2, -0.15) is 5.12 Å². The molecule has 0 aliphatic rings. The van der Waals surface area contributed by atoms with Crippen molar-refractivity contribution in [1.29, 1.82) is 0 Å². The number of aliphatic carboxylic acids is 1. The Morgan fingerprint density at radius 1 is 1.19 bits per heavy atom. The molecule has 0 radical (unpaired) electrons. The van der Waals surface area contributed by atoms with E-state index in [2.05, 4.69) is 22.5 Å². The lowest BCUT2D eigenvalue weighted by Gasteiger charge is -2.16. The molecule has 0 saturated heterocycles. The van der Waals surface area contributed by atoms with Gasteiger partial charge in [0, 0.05) is 4.47 Å². The minimum absolute atomic E-state index is 0.0312. The van der Waals surface area contributed by atoms with Gasteiger partial charge in [-0.1, -0.05) is 45.2 Å². The van der Waals surface area contributed by atoms with Gasteiger partial charge in [-0.25, -0.2) is 4.79 Å². The standard InChI is InChI=1S/C19H17BrFNO5/c1-2-9-26-15-7-8-17(27-12-18(23)24)16(10-15)19(25)22(21)11-13-3-5-14(20)6-4-13/h2-8,10H,1,9,11-12H2,(H,23,24). The SMILES string of the molecule is C=CCOc1ccc(OCC(=O)O)c(C(=O)N(F)Cc2ccc(Br)cc2)c1. The van der Waals surface area contributed by atoms with Gasteiger partial charge < -0.3 is 14.6 Å². The zero-order valence-electron chi connectivity index (χ0n) is 14.2. The first-order valence-corrected chi connectivity index (χ1v) is 8.64. The predicted octanol–water partition coefficient (Wildman–Crippen LogP) is 4.00. The third kappa shape index (κ3) is 6.10. The number of ether oxygens (including phenoxy) is 2. The quantitative estimate of drug-likeness (QED) is 0.473. The van der Waals surface area contributed by atoms with E-state index in [0.29, 0.717) is 11.3 Å². The number of halogens is 2. The molecule has 2 rings (SSSR count). The molecule has 0 heterocycles. The van der Waals surface area contributed by atoms with E-state index in [9.17, 15) is 14.1 Å². The molecule has 0 unspecified atom stereocenters. The van der Waals surface area contributed by atoms with Gasteiger partial charge in [0.2, 0.25) is 0 Å². The van der Waals surface area contributed by atoms with Crippen LogP contribution in [-0.4, -0.2) is 35.3 Å². The fourth-order valence-corrected chi connectivity index (χ4v) is 2.40. The highest BCUT2D eigenvalue weighted by Crippen LogP contribution is 2.27. The van der Waals surface area contributed by atoms with Crippen LogP contribution < -0.4 is 9.47 Å². The van der Waals surface area contributed by atoms with E-state index in [4.69, 9.17) is 14.6 Å². The maximum absolute atomic E-state index is 14.5. The molecule has 0 aliphatic heterocycles. The molecule has 0 bridgehead atoms. The van der Waals surface area contributed by atoms with Crippen LogP contribution in [0.3, 0.4) is 0 Å². The summed E-state index contributed by atoms with van der Waals surface area (Å²) in [7, 11) is 0. The summed E-state index contributed by atoms with van der Waals surface area (Å²) in [5, 5.41) is 8.80. The maximum atomic E-state index is 14.5. The van der Waals surface area contributed by atoms with Crippen LogP contribution in [0.1, 0.15) is 15.9 Å². The Bertz CT molecular complexity index is 825. The van der Waals surface area contributed by atoms with Crippen LogP contribution in [0.25, 0.3) is 0 Å². The van der Waals surface area contributed by atoms with Crippen molar-refractivity contribution in [1.82, 2.24) is 5.12 Å². The molecular formula is C19H17BrFNO5. The van der Waals surface area contributed by atoms with E-state index in [1.165, 1.54) is 24.3 Å². The van der Waals surface area contributed by atoms with Crippen molar-refractivity contribution in [2.45, 2.75) is 6.54 Å². The second-order valence-electron chi connectivity index (χ2n) is 5.39. The van der Waals surface area contributed by atoms with Crippen molar-refractivity contribution in [2.75, 3.05) is 13.2 Å². The summed E-state index contributed by atoms with van der Waals surface area (Å²) in [6.07, 6.45) is 1.52. The smallest absolute Gasteiger partial charge is 0.341 e. The van der Waals surface area contributed by atoms with E-state index in [0.717, 1.165) is 4.47 Å². The molecular weight excluding hydrogens is 421 g/mol. The van der Waals surface area contributed by atoms with Crippen molar-refractivity contribution >= 4 is 27.8 Å². The van der Waals surface area contributed by atoms with Crippen molar-refractivity contribution in [3.8, 4) is 11.5 Å². The van der Waals surface area contributed by atoms with Crippen LogP contribution in [0.15, 0.2) is 59.6 Å². The van der Waals surface area contributed by atoms with Crippen LogP contribution in [0.4, 0.5) is 4.48 Å². The first-order chi connectivity index (χ1) is 12.9. The van der Waals surface area contributed by atoms with E-state index in [-0.39, 0.29) is 29.6 Å². The van der Waals surface area contributed by atoms with Gasteiger partial charge in [0.05, 0.1) is 12.1 Å². The normalized spacial score (nSPS) is 10.1. The van der Waals surface area contributed by atoms with E-state index >= 15 is 0 Å². The zero-order chi connectivity index (χ0) is 19.8. The fraction of sp³-hybridized carbons (Fsp3) is 0.158. The lowest BCUT2D eigenvalue weighted by molar-refractivity contribution is -0.139. The average Bonchev–Trinajstić information content (AvgIpc) is 2.66. The van der Waals surface area contributed by atoms with Crippen molar-refractivity contribution in [2.24, 2.45) is 0 Å². The Kier molecular flexibility index (Phi) is 7.36. The topological polar surface area (TPSA) is 76.1 Å². The van der Waals surface area contributed by atoms with Crippen molar-refractivity contribution in [3.05, 3.63) is 70.7 Å². The Balaban J connectivity index is 2.24. The molecule has 1 amide bonds. The third-order valence-electron chi connectivity index (χ3n) is 3.36. The molecule has 0 fully saturated rings. The predicted molar refractivity (Wildman–Crippen MR) is 100 cm³/mol. The Labute approximate surface area is 163 Å². The number of carbonyl (C=O) groups excluding carboxylic acids is 1. The minimum Gasteiger partial charge on any atom is -0.490 e. The van der Waals surface area contributed by atoms with Gasteiger partial charge in [0.25, 0.3) is 5.91 Å². The number of benzene rings is 2. The van der Waals surface area contributed by atoms with Crippen molar-refractivity contribution < 1.29 is 28.7 Å². The second kappa shape index (κ2) is 9.72. The highest BCUT2D eigenvalue weighted by Gasteiger charge is 2.22. The highest BCUT2D eigenvalue weighted by atomic mass is 79.9. The molecule has 0 spiro atoms. The van der Waals surface area contributed by atoms with Gasteiger partial charge in [-0.3, -0.25) is 4.79 Å². The summed E-state index contributed by atoms with van der Waals surface area (Å²) in [4.78, 5) is 23.3. The molecule has 8 heteroatoms. The first-order valence-electron chi connectivity index (χ1n) is 7.85. The summed E-state index contributed by atoms with van der Waals surface area (Å²) in [6.45, 7) is 2.79. The molecule has 0 aliphatic carbocycles. The number of nitrogens with zero attached hydrogens (tertiary/aromatic N) is 1. The first kappa shape index (κ1) is 20.4. The van der Waals surface area contributed by atoms with Gasteiger partial charge in [0.1, 0.15) is 18.1 Å².